The maximum Gasteiger partial charge on any atom is 0.341 e. The van der Waals surface area contributed by atoms with Gasteiger partial charge in [0.05, 0.1) is 17.7 Å². The average molecular weight is 430 g/mol. The molecule has 160 valence electrons. The summed E-state index contributed by atoms with van der Waals surface area (Å²) in [6, 6.07) is 0. The molecular weight excluding hydrogens is 402 g/mol. The second-order valence-electron chi connectivity index (χ2n) is 8.88. The average Bonchev–Trinajstić information content (AvgIpc) is 3.18. The van der Waals surface area contributed by atoms with Crippen molar-refractivity contribution in [2.24, 2.45) is 5.41 Å². The van der Waals surface area contributed by atoms with Crippen LogP contribution in [0, 0.1) is 12.3 Å². The summed E-state index contributed by atoms with van der Waals surface area (Å²) in [7, 11) is 0. The summed E-state index contributed by atoms with van der Waals surface area (Å²) < 4.78 is 11.1. The van der Waals surface area contributed by atoms with Crippen molar-refractivity contribution in [1.82, 2.24) is 0 Å². The van der Waals surface area contributed by atoms with Crippen LogP contribution in [0.5, 0.6) is 0 Å². The van der Waals surface area contributed by atoms with Gasteiger partial charge in [-0.3, -0.25) is 9.59 Å². The SMILES string of the molecule is CCOC(=O)c1c(NC(=O)c2oc3c(c2C)C(=O)CC(C)(C)C3)sc2c1CCCC2. The Morgan fingerprint density at radius 2 is 1.93 bits per heavy atom. The van der Waals surface area contributed by atoms with Crippen LogP contribution in [0.4, 0.5) is 5.00 Å². The number of hydrogen-bond donors (Lipinski definition) is 1. The summed E-state index contributed by atoms with van der Waals surface area (Å²) in [5, 5.41) is 3.39. The maximum atomic E-state index is 13.1. The zero-order valence-electron chi connectivity index (χ0n) is 17.9. The first kappa shape index (κ1) is 20.8. The van der Waals surface area contributed by atoms with Crippen molar-refractivity contribution >= 4 is 34.0 Å². The predicted octanol–water partition coefficient (Wildman–Crippen LogP) is 5.11. The number of hydrogen-bond acceptors (Lipinski definition) is 6. The number of nitrogens with one attached hydrogen (secondary N) is 1. The Kier molecular flexibility index (Phi) is 5.34. The quantitative estimate of drug-likeness (QED) is 0.683. The molecule has 0 radical (unpaired) electrons. The van der Waals surface area contributed by atoms with Crippen LogP contribution in [0.2, 0.25) is 0 Å². The molecule has 1 N–H and O–H groups in total. The molecule has 2 aliphatic carbocycles. The molecule has 0 bridgehead atoms. The fraction of sp³-hybridized carbons (Fsp3) is 0.522. The third-order valence-electron chi connectivity index (χ3n) is 5.86. The first-order valence-corrected chi connectivity index (χ1v) is 11.3. The summed E-state index contributed by atoms with van der Waals surface area (Å²) >= 11 is 1.44. The minimum atomic E-state index is -0.434. The lowest BCUT2D eigenvalue weighted by Crippen LogP contribution is -2.26. The van der Waals surface area contributed by atoms with Gasteiger partial charge in [0.1, 0.15) is 10.8 Å². The van der Waals surface area contributed by atoms with Crippen molar-refractivity contribution in [2.45, 2.75) is 66.2 Å². The summed E-state index contributed by atoms with van der Waals surface area (Å²) in [6.07, 6.45) is 4.86. The predicted molar refractivity (Wildman–Crippen MR) is 115 cm³/mol. The molecule has 2 aromatic rings. The van der Waals surface area contributed by atoms with Gasteiger partial charge in [-0.25, -0.2) is 4.79 Å². The van der Waals surface area contributed by atoms with E-state index < -0.39 is 11.9 Å². The van der Waals surface area contributed by atoms with Crippen LogP contribution in [-0.4, -0.2) is 24.3 Å². The second kappa shape index (κ2) is 7.69. The number of carbonyl (C=O) groups is 3. The molecule has 2 aromatic heterocycles. The Labute approximate surface area is 180 Å². The number of thiophene rings is 1. The number of Topliss-reactive ketones (excluding diaryl/α,β-unsaturated/α-hetero) is 1. The van der Waals surface area contributed by atoms with Crippen molar-refractivity contribution in [2.75, 3.05) is 11.9 Å². The molecule has 0 saturated heterocycles. The molecule has 1 amide bonds. The highest BCUT2D eigenvalue weighted by Crippen LogP contribution is 2.41. The molecule has 6 nitrogen and oxygen atoms in total. The van der Waals surface area contributed by atoms with E-state index in [4.69, 9.17) is 9.15 Å². The van der Waals surface area contributed by atoms with Gasteiger partial charge in [-0.2, -0.15) is 0 Å². The van der Waals surface area contributed by atoms with Crippen molar-refractivity contribution in [1.29, 1.82) is 0 Å². The molecular formula is C23H27NO5S. The molecule has 7 heteroatoms. The third-order valence-corrected chi connectivity index (χ3v) is 7.07. The van der Waals surface area contributed by atoms with E-state index in [0.717, 1.165) is 36.1 Å². The van der Waals surface area contributed by atoms with E-state index in [-0.39, 0.29) is 23.6 Å². The minimum absolute atomic E-state index is 0.0142. The van der Waals surface area contributed by atoms with E-state index in [0.29, 0.717) is 40.3 Å². The van der Waals surface area contributed by atoms with Gasteiger partial charge in [-0.05, 0) is 50.5 Å². The monoisotopic (exact) mass is 429 g/mol. The van der Waals surface area contributed by atoms with Crippen LogP contribution in [-0.2, 0) is 24.0 Å². The Hall–Kier alpha value is -2.41. The van der Waals surface area contributed by atoms with E-state index in [1.807, 2.05) is 13.8 Å². The largest absolute Gasteiger partial charge is 0.462 e. The fourth-order valence-corrected chi connectivity index (χ4v) is 5.80. The highest BCUT2D eigenvalue weighted by molar-refractivity contribution is 7.17. The van der Waals surface area contributed by atoms with Crippen LogP contribution < -0.4 is 5.32 Å². The number of rotatable bonds is 4. The van der Waals surface area contributed by atoms with E-state index in [1.165, 1.54) is 11.3 Å². The smallest absolute Gasteiger partial charge is 0.341 e. The topological polar surface area (TPSA) is 85.6 Å². The highest BCUT2D eigenvalue weighted by atomic mass is 32.1. The number of ketones is 1. The summed E-state index contributed by atoms with van der Waals surface area (Å²) in [6.45, 7) is 7.84. The maximum absolute atomic E-state index is 13.1. The number of amides is 1. The van der Waals surface area contributed by atoms with Gasteiger partial charge < -0.3 is 14.5 Å². The van der Waals surface area contributed by atoms with Gasteiger partial charge in [0.15, 0.2) is 11.5 Å². The van der Waals surface area contributed by atoms with Crippen molar-refractivity contribution < 1.29 is 23.5 Å². The lowest BCUT2D eigenvalue weighted by molar-refractivity contribution is 0.0526. The molecule has 0 saturated carbocycles. The van der Waals surface area contributed by atoms with Crippen molar-refractivity contribution in [3.8, 4) is 0 Å². The van der Waals surface area contributed by atoms with Gasteiger partial charge in [-0.1, -0.05) is 13.8 Å². The number of esters is 1. The third kappa shape index (κ3) is 3.60. The Morgan fingerprint density at radius 3 is 2.67 bits per heavy atom. The van der Waals surface area contributed by atoms with Crippen molar-refractivity contribution in [3.05, 3.63) is 38.7 Å². The second-order valence-corrected chi connectivity index (χ2v) is 9.99. The molecule has 0 atom stereocenters. The Balaban J connectivity index is 1.68. The number of fused-ring (bicyclic) bond motifs is 2. The van der Waals surface area contributed by atoms with E-state index in [2.05, 4.69) is 5.32 Å². The van der Waals surface area contributed by atoms with E-state index >= 15 is 0 Å². The Bertz CT molecular complexity index is 1040. The lowest BCUT2D eigenvalue weighted by Gasteiger charge is -2.27. The molecule has 0 aliphatic heterocycles. The number of aryl methyl sites for hydroxylation is 1. The van der Waals surface area contributed by atoms with Crippen LogP contribution in [0.25, 0.3) is 0 Å². The molecule has 0 fully saturated rings. The molecule has 30 heavy (non-hydrogen) atoms. The van der Waals surface area contributed by atoms with Gasteiger partial charge in [0, 0.05) is 23.3 Å². The molecule has 4 rings (SSSR count). The zero-order valence-corrected chi connectivity index (χ0v) is 18.7. The summed E-state index contributed by atoms with van der Waals surface area (Å²) in [5.41, 5.74) is 2.38. The Morgan fingerprint density at radius 1 is 1.20 bits per heavy atom. The standard InChI is InChI=1S/C23H27NO5S/c1-5-28-22(27)18-13-8-6-7-9-16(13)30-21(18)24-20(26)19-12(2)17-14(25)10-23(3,4)11-15(17)29-19/h5-11H2,1-4H3,(H,24,26). The summed E-state index contributed by atoms with van der Waals surface area (Å²) in [5.74, 6) is -0.0983. The fourth-order valence-electron chi connectivity index (χ4n) is 4.53. The molecule has 0 aromatic carbocycles. The van der Waals surface area contributed by atoms with Gasteiger partial charge in [0.25, 0.3) is 5.91 Å². The van der Waals surface area contributed by atoms with Gasteiger partial charge >= 0.3 is 5.97 Å². The lowest BCUT2D eigenvalue weighted by atomic mass is 9.76. The van der Waals surface area contributed by atoms with Crippen LogP contribution >= 0.6 is 11.3 Å². The van der Waals surface area contributed by atoms with Crippen LogP contribution in [0.15, 0.2) is 4.42 Å². The molecule has 2 heterocycles. The number of ether oxygens (including phenoxy) is 1. The normalized spacial score (nSPS) is 17.3. The van der Waals surface area contributed by atoms with Gasteiger partial charge in [0.2, 0.25) is 0 Å². The summed E-state index contributed by atoms with van der Waals surface area (Å²) in [4.78, 5) is 39.5. The van der Waals surface area contributed by atoms with Gasteiger partial charge in [-0.15, -0.1) is 11.3 Å². The van der Waals surface area contributed by atoms with E-state index in [1.54, 1.807) is 13.8 Å². The molecule has 0 spiro atoms. The molecule has 2 aliphatic rings. The number of anilines is 1. The van der Waals surface area contributed by atoms with Crippen LogP contribution in [0.1, 0.15) is 93.1 Å². The first-order chi connectivity index (χ1) is 14.2. The van der Waals surface area contributed by atoms with E-state index in [9.17, 15) is 14.4 Å². The van der Waals surface area contributed by atoms with Crippen molar-refractivity contribution in [3.63, 3.8) is 0 Å². The van der Waals surface area contributed by atoms with Crippen LogP contribution in [0.3, 0.4) is 0 Å². The number of furan rings is 1. The number of carbonyl (C=O) groups excluding carboxylic acids is 3. The zero-order chi connectivity index (χ0) is 21.6. The first-order valence-electron chi connectivity index (χ1n) is 10.5. The molecule has 0 unspecified atom stereocenters. The highest BCUT2D eigenvalue weighted by Gasteiger charge is 2.37. The minimum Gasteiger partial charge on any atom is -0.462 e.